The molecule has 3 N–H and O–H groups in total. The highest BCUT2D eigenvalue weighted by Crippen LogP contribution is 2.18. The number of aromatic nitrogens is 2. The Kier molecular flexibility index (Phi) is 14.6. The number of ether oxygens (including phenoxy) is 4. The number of amidine groups is 2. The van der Waals surface area contributed by atoms with Crippen LogP contribution in [0.3, 0.4) is 0 Å². The van der Waals surface area contributed by atoms with Gasteiger partial charge in [0.25, 0.3) is 0 Å². The Morgan fingerprint density at radius 2 is 1.22 bits per heavy atom. The van der Waals surface area contributed by atoms with Crippen molar-refractivity contribution in [1.82, 2.24) is 19.4 Å². The fourth-order valence-electron chi connectivity index (χ4n) is 4.61. The summed E-state index contributed by atoms with van der Waals surface area (Å²) in [6.07, 6.45) is -2.00. The van der Waals surface area contributed by atoms with Gasteiger partial charge in [-0.05, 0) is 109 Å². The highest BCUT2D eigenvalue weighted by atomic mass is 19.4. The van der Waals surface area contributed by atoms with E-state index in [-0.39, 0.29) is 37.0 Å². The first-order chi connectivity index (χ1) is 25.1. The predicted octanol–water partition coefficient (Wildman–Crippen LogP) is 6.65. The van der Waals surface area contributed by atoms with E-state index in [1.165, 1.54) is 16.2 Å². The third kappa shape index (κ3) is 14.1. The molecule has 0 spiro atoms. The molecule has 54 heavy (non-hydrogen) atoms. The maximum absolute atomic E-state index is 13.1. The second-order valence-corrected chi connectivity index (χ2v) is 14.1. The minimum Gasteiger partial charge on any atom is -0.494 e. The number of alkyl carbamates (subject to hydrolysis) is 1. The first-order valence-electron chi connectivity index (χ1n) is 17.1. The molecule has 0 aliphatic heterocycles. The third-order valence-electron chi connectivity index (χ3n) is 7.16. The number of hydrogen-bond donors (Lipinski definition) is 3. The van der Waals surface area contributed by atoms with Crippen molar-refractivity contribution < 1.29 is 46.5 Å². The zero-order valence-corrected chi connectivity index (χ0v) is 31.5. The van der Waals surface area contributed by atoms with Crippen molar-refractivity contribution in [2.75, 3.05) is 20.3 Å². The molecule has 0 atom stereocenters. The van der Waals surface area contributed by atoms with E-state index in [1.807, 2.05) is 0 Å². The molecule has 0 unspecified atom stereocenters. The van der Waals surface area contributed by atoms with Crippen LogP contribution in [0.2, 0.25) is 0 Å². The Morgan fingerprint density at radius 3 is 1.72 bits per heavy atom. The minimum atomic E-state index is -5.13. The van der Waals surface area contributed by atoms with Crippen LogP contribution in [-0.4, -0.2) is 81.4 Å². The van der Waals surface area contributed by atoms with Gasteiger partial charge in [0.05, 0.1) is 13.2 Å². The van der Waals surface area contributed by atoms with Gasteiger partial charge in [0.15, 0.2) is 0 Å². The number of nitrogens with one attached hydrogen (secondary N) is 3. The van der Waals surface area contributed by atoms with Gasteiger partial charge in [0.1, 0.15) is 34.4 Å². The molecule has 294 valence electrons. The number of carbonyl (C=O) groups excluding carboxylic acids is 3. The van der Waals surface area contributed by atoms with Gasteiger partial charge in [-0.15, -0.1) is 0 Å². The van der Waals surface area contributed by atoms with E-state index in [2.05, 4.69) is 10.3 Å². The average Bonchev–Trinajstić information content (AvgIpc) is 3.44. The second kappa shape index (κ2) is 18.4. The number of halogens is 3. The summed E-state index contributed by atoms with van der Waals surface area (Å²) < 4.78 is 64.4. The van der Waals surface area contributed by atoms with E-state index in [1.54, 1.807) is 102 Å². The minimum absolute atomic E-state index is 0.0437. The van der Waals surface area contributed by atoms with Gasteiger partial charge in [-0.3, -0.25) is 25.8 Å². The fourth-order valence-corrected chi connectivity index (χ4v) is 4.61. The number of imidazole rings is 1. The van der Waals surface area contributed by atoms with Crippen LogP contribution in [0.4, 0.5) is 22.8 Å². The Balaban J connectivity index is 1.52. The molecule has 3 amide bonds. The number of nitrogens with zero attached hydrogens (tertiary/aromatic N) is 4. The number of rotatable bonds is 13. The lowest BCUT2D eigenvalue weighted by Crippen LogP contribution is -2.38. The first-order valence-corrected chi connectivity index (χ1v) is 17.1. The van der Waals surface area contributed by atoms with Gasteiger partial charge < -0.3 is 28.1 Å². The number of alkyl halides is 3. The van der Waals surface area contributed by atoms with Crippen LogP contribution in [0, 0.1) is 10.8 Å². The van der Waals surface area contributed by atoms with Crippen molar-refractivity contribution in [3.63, 3.8) is 0 Å². The molecule has 3 aromatic rings. The summed E-state index contributed by atoms with van der Waals surface area (Å²) in [5, 5.41) is 18.8. The molecule has 0 aliphatic carbocycles. The van der Waals surface area contributed by atoms with Crippen molar-refractivity contribution in [2.24, 2.45) is 4.99 Å². The van der Waals surface area contributed by atoms with E-state index in [0.717, 1.165) is 4.90 Å². The average molecular weight is 760 g/mol. The summed E-state index contributed by atoms with van der Waals surface area (Å²) in [4.78, 5) is 40.5. The monoisotopic (exact) mass is 759 g/mol. The summed E-state index contributed by atoms with van der Waals surface area (Å²) in [6.45, 7) is 11.3. The molecule has 0 bridgehead atoms. The first kappa shape index (κ1) is 42.8. The zero-order chi connectivity index (χ0) is 40.3. The van der Waals surface area contributed by atoms with E-state index in [0.29, 0.717) is 48.5 Å². The number of hydrogen-bond acceptors (Lipinski definition) is 9. The number of amides is 3. The molecule has 0 fully saturated rings. The van der Waals surface area contributed by atoms with Gasteiger partial charge in [-0.2, -0.15) is 18.2 Å². The van der Waals surface area contributed by atoms with Crippen molar-refractivity contribution >= 4 is 29.8 Å². The third-order valence-corrected chi connectivity index (χ3v) is 7.16. The summed E-state index contributed by atoms with van der Waals surface area (Å²) in [6, 6.07) is 13.0. The Morgan fingerprint density at radius 1 is 0.741 bits per heavy atom. The Hall–Kier alpha value is -5.61. The summed E-state index contributed by atoms with van der Waals surface area (Å²) in [5.41, 5.74) is -0.647. The number of carbonyl (C=O) groups is 3. The van der Waals surface area contributed by atoms with Gasteiger partial charge in [0, 0.05) is 43.7 Å². The molecule has 3 rings (SSSR count). The lowest BCUT2D eigenvalue weighted by Gasteiger charge is -2.25. The summed E-state index contributed by atoms with van der Waals surface area (Å²) in [5.74, 6) is -1.39. The highest BCUT2D eigenvalue weighted by molar-refractivity contribution is 6.05. The molecular weight excluding hydrogens is 711 g/mol. The zero-order valence-electron chi connectivity index (χ0n) is 31.5. The predicted molar refractivity (Wildman–Crippen MR) is 194 cm³/mol. The van der Waals surface area contributed by atoms with E-state index in [4.69, 9.17) is 29.8 Å². The van der Waals surface area contributed by atoms with E-state index < -0.39 is 35.5 Å². The fraction of sp³-hybridized carbons (Fsp3) is 0.459. The van der Waals surface area contributed by atoms with Crippen LogP contribution < -0.4 is 20.4 Å². The lowest BCUT2D eigenvalue weighted by atomic mass is 10.2. The highest BCUT2D eigenvalue weighted by Gasteiger charge is 2.38. The second-order valence-electron chi connectivity index (χ2n) is 14.1. The molecular formula is C37H48F3N7O7. The normalized spacial score (nSPS) is 12.1. The van der Waals surface area contributed by atoms with Crippen molar-refractivity contribution in [2.45, 2.75) is 91.3 Å². The molecule has 1 heterocycles. The van der Waals surface area contributed by atoms with Gasteiger partial charge in [-0.1, -0.05) is 0 Å². The van der Waals surface area contributed by atoms with Crippen molar-refractivity contribution in [3.8, 4) is 11.5 Å². The van der Waals surface area contributed by atoms with Gasteiger partial charge in [0.2, 0.25) is 5.62 Å². The molecule has 0 saturated carbocycles. The largest absolute Gasteiger partial charge is 0.494 e. The van der Waals surface area contributed by atoms with Crippen LogP contribution in [0.1, 0.15) is 71.9 Å². The summed E-state index contributed by atoms with van der Waals surface area (Å²) in [7, 11) is 1.45. The van der Waals surface area contributed by atoms with Gasteiger partial charge >= 0.3 is 24.3 Å². The molecule has 14 nitrogen and oxygen atoms in total. The van der Waals surface area contributed by atoms with Crippen molar-refractivity contribution in [1.29, 1.82) is 10.8 Å². The van der Waals surface area contributed by atoms with E-state index in [9.17, 15) is 27.6 Å². The van der Waals surface area contributed by atoms with Crippen LogP contribution in [0.5, 0.6) is 11.5 Å². The molecule has 0 aliphatic rings. The number of benzene rings is 2. The van der Waals surface area contributed by atoms with Crippen LogP contribution >= 0.6 is 0 Å². The molecule has 0 radical (unpaired) electrons. The lowest BCUT2D eigenvalue weighted by molar-refractivity contribution is -0.169. The molecule has 1 aromatic heterocycles. The summed E-state index contributed by atoms with van der Waals surface area (Å²) >= 11 is 0. The maximum atomic E-state index is 13.1. The smallest absolute Gasteiger partial charge is 0.473 e. The van der Waals surface area contributed by atoms with Gasteiger partial charge in [-0.25, -0.2) is 9.59 Å². The quantitative estimate of drug-likeness (QED) is 0.0994. The maximum Gasteiger partial charge on any atom is 0.473 e. The Bertz CT molecular complexity index is 1840. The molecule has 0 saturated heterocycles. The molecule has 2 aromatic carbocycles. The van der Waals surface area contributed by atoms with E-state index >= 15 is 0 Å². The van der Waals surface area contributed by atoms with Crippen LogP contribution in [-0.2, 0) is 27.4 Å². The van der Waals surface area contributed by atoms with Crippen LogP contribution in [0.15, 0.2) is 65.9 Å². The number of aryl methyl sites for hydroxylation is 2. The Labute approximate surface area is 311 Å². The van der Waals surface area contributed by atoms with Crippen LogP contribution in [0.25, 0.3) is 0 Å². The standard InChI is InChI=1S/C37H48F3N7O7/c1-35(2,3)53-33(49)43-29(41)25-11-15-27(16-12-25)52-24-10-20-47-22-21-46(32(47)44-31(48)37(38,39)40)19-8-9-23-51-28-17-13-26(14-18-28)30(42)45(7)34(50)54-36(4,5)6/h11-18,21-22,42H,8-10,19-20,23-24H2,1-7H3,(H2,41,43,49)/b42-30?,44-32-. The van der Waals surface area contributed by atoms with Crippen molar-refractivity contribution in [3.05, 3.63) is 77.7 Å². The SMILES string of the molecule is CN(C(=N)c1ccc(OCCCCn2ccn(CCCOc3ccc(C(=N)NC(=O)OC(C)(C)C)cc3)/c2=N\C(=O)C(F)(F)F)cc1)C(=O)OC(C)(C)C. The topological polar surface area (TPSA) is 173 Å². The number of unbranched alkanes of at least 4 members (excludes halogenated alkanes) is 1. The molecule has 17 heteroatoms.